The molecule has 1 N–H and O–H groups in total. The monoisotopic (exact) mass is 566 g/mol. The van der Waals surface area contributed by atoms with Gasteiger partial charge in [-0.05, 0) is 61.6 Å². The highest BCUT2D eigenvalue weighted by atomic mass is 79.9. The van der Waals surface area contributed by atoms with E-state index in [9.17, 15) is 9.50 Å². The maximum absolute atomic E-state index is 15.2. The summed E-state index contributed by atoms with van der Waals surface area (Å²) in [5, 5.41) is 12.2. The van der Waals surface area contributed by atoms with E-state index in [1.807, 2.05) is 79.7 Å². The average Bonchev–Trinajstić information content (AvgIpc) is 2.89. The van der Waals surface area contributed by atoms with Crippen molar-refractivity contribution in [3.05, 3.63) is 118 Å². The zero-order chi connectivity index (χ0) is 26.6. The summed E-state index contributed by atoms with van der Waals surface area (Å²) in [6, 6.07) is 22.2. The molecule has 0 amide bonds. The number of aromatic nitrogens is 1. The summed E-state index contributed by atoms with van der Waals surface area (Å²) < 4.78 is 36.0. The summed E-state index contributed by atoms with van der Waals surface area (Å²) in [7, 11) is 5.30. The molecule has 2 unspecified atom stereocenters. The minimum atomic E-state index is -1.77. The number of methoxy groups -OCH3 is 1. The van der Waals surface area contributed by atoms with Crippen molar-refractivity contribution in [2.24, 2.45) is 0 Å². The van der Waals surface area contributed by atoms with E-state index < -0.39 is 17.2 Å². The Morgan fingerprint density at radius 3 is 2.32 bits per heavy atom. The highest BCUT2D eigenvalue weighted by molar-refractivity contribution is 9.10. The van der Waals surface area contributed by atoms with Crippen molar-refractivity contribution >= 4 is 15.9 Å². The van der Waals surface area contributed by atoms with E-state index in [0.717, 1.165) is 39.4 Å². The summed E-state index contributed by atoms with van der Waals surface area (Å²) in [6.45, 7) is 0. The van der Waals surface area contributed by atoms with Crippen molar-refractivity contribution in [1.29, 1.82) is 0 Å². The van der Waals surface area contributed by atoms with Crippen LogP contribution in [0.5, 0.6) is 5.88 Å². The first-order valence-electron chi connectivity index (χ1n) is 11.9. The predicted octanol–water partition coefficient (Wildman–Crippen LogP) is 6.92. The van der Waals surface area contributed by atoms with Gasteiger partial charge in [0.2, 0.25) is 5.88 Å². The first-order valence-corrected chi connectivity index (χ1v) is 12.7. The van der Waals surface area contributed by atoms with Gasteiger partial charge in [0.05, 0.1) is 12.7 Å². The van der Waals surface area contributed by atoms with E-state index in [-0.39, 0.29) is 24.4 Å². The van der Waals surface area contributed by atoms with E-state index in [1.54, 1.807) is 6.20 Å². The van der Waals surface area contributed by atoms with Gasteiger partial charge in [-0.15, -0.1) is 0 Å². The molecular formula is C30H29BrF2N2O2. The molecule has 0 fully saturated rings. The molecule has 0 radical (unpaired) electrons. The molecule has 0 aliphatic heterocycles. The van der Waals surface area contributed by atoms with Gasteiger partial charge < -0.3 is 14.7 Å². The summed E-state index contributed by atoms with van der Waals surface area (Å²) in [6.07, 6.45) is 1.77. The molecule has 37 heavy (non-hydrogen) atoms. The fraction of sp³-hybridized carbons (Fsp3) is 0.233. The SMILES string of the molecule is COc1ncc(-c2ccc(Br)cc2)cc1CC(O)(CC(c1ccccc1)N(C)C)c1cc(F)ccc1F. The number of halogens is 3. The Morgan fingerprint density at radius 1 is 0.973 bits per heavy atom. The fourth-order valence-electron chi connectivity index (χ4n) is 4.65. The van der Waals surface area contributed by atoms with Crippen LogP contribution >= 0.6 is 15.9 Å². The van der Waals surface area contributed by atoms with Crippen molar-refractivity contribution in [2.45, 2.75) is 24.5 Å². The van der Waals surface area contributed by atoms with Crippen LogP contribution in [0.25, 0.3) is 11.1 Å². The lowest BCUT2D eigenvalue weighted by atomic mass is 9.80. The molecule has 1 heterocycles. The van der Waals surface area contributed by atoms with Crippen LogP contribution in [0.3, 0.4) is 0 Å². The summed E-state index contributed by atoms with van der Waals surface area (Å²) in [5.74, 6) is -0.979. The molecule has 0 bridgehead atoms. The molecule has 0 saturated carbocycles. The number of rotatable bonds is 9. The second-order valence-electron chi connectivity index (χ2n) is 9.33. The van der Waals surface area contributed by atoms with Crippen LogP contribution in [0.1, 0.15) is 29.2 Å². The molecule has 192 valence electrons. The first-order chi connectivity index (χ1) is 17.7. The molecule has 0 spiro atoms. The van der Waals surface area contributed by atoms with Crippen molar-refractivity contribution in [2.75, 3.05) is 21.2 Å². The maximum Gasteiger partial charge on any atom is 0.216 e. The van der Waals surface area contributed by atoms with Gasteiger partial charge in [-0.1, -0.05) is 58.4 Å². The zero-order valence-electron chi connectivity index (χ0n) is 21.0. The largest absolute Gasteiger partial charge is 0.481 e. The molecule has 0 aliphatic carbocycles. The number of hydrogen-bond donors (Lipinski definition) is 1. The summed E-state index contributed by atoms with van der Waals surface area (Å²) >= 11 is 3.45. The molecular weight excluding hydrogens is 538 g/mol. The molecule has 2 atom stereocenters. The van der Waals surface area contributed by atoms with Crippen LogP contribution in [-0.2, 0) is 12.0 Å². The predicted molar refractivity (Wildman–Crippen MR) is 145 cm³/mol. The standard InChI is InChI=1S/C30H29BrF2N2O2/c1-35(2)28(21-7-5-4-6-8-21)18-30(36,26-16-25(32)13-14-27(26)33)17-22-15-23(19-34-29(22)37-3)20-9-11-24(31)12-10-20/h4-16,19,28,36H,17-18H2,1-3H3. The van der Waals surface area contributed by atoms with Gasteiger partial charge in [0.25, 0.3) is 0 Å². The third kappa shape index (κ3) is 6.24. The van der Waals surface area contributed by atoms with Crippen LogP contribution in [0.2, 0.25) is 0 Å². The zero-order valence-corrected chi connectivity index (χ0v) is 22.5. The quantitative estimate of drug-likeness (QED) is 0.239. The molecule has 3 aromatic carbocycles. The van der Waals surface area contributed by atoms with Crippen LogP contribution in [0.4, 0.5) is 8.78 Å². The Labute approximate surface area is 224 Å². The fourth-order valence-corrected chi connectivity index (χ4v) is 4.91. The molecule has 0 saturated heterocycles. The van der Waals surface area contributed by atoms with E-state index >= 15 is 4.39 Å². The number of nitrogens with zero attached hydrogens (tertiary/aromatic N) is 2. The normalized spacial score (nSPS) is 13.8. The van der Waals surface area contributed by atoms with Gasteiger partial charge in [0.15, 0.2) is 0 Å². The number of pyridine rings is 1. The third-order valence-electron chi connectivity index (χ3n) is 6.55. The van der Waals surface area contributed by atoms with Crippen LogP contribution in [0, 0.1) is 11.6 Å². The molecule has 4 aromatic rings. The van der Waals surface area contributed by atoms with Gasteiger partial charge in [0, 0.05) is 46.2 Å². The van der Waals surface area contributed by atoms with Crippen LogP contribution < -0.4 is 4.74 Å². The number of benzene rings is 3. The highest BCUT2D eigenvalue weighted by Gasteiger charge is 2.38. The van der Waals surface area contributed by atoms with Gasteiger partial charge in [-0.25, -0.2) is 13.8 Å². The molecule has 4 nitrogen and oxygen atoms in total. The average molecular weight is 567 g/mol. The topological polar surface area (TPSA) is 45.6 Å². The Kier molecular flexibility index (Phi) is 8.37. The highest BCUT2D eigenvalue weighted by Crippen LogP contribution is 2.40. The molecule has 4 rings (SSSR count). The lowest BCUT2D eigenvalue weighted by molar-refractivity contribution is 0.0000896. The number of hydrogen-bond acceptors (Lipinski definition) is 4. The Bertz CT molecular complexity index is 1350. The van der Waals surface area contributed by atoms with Gasteiger partial charge >= 0.3 is 0 Å². The first kappa shape index (κ1) is 26.9. The Morgan fingerprint density at radius 2 is 1.68 bits per heavy atom. The van der Waals surface area contributed by atoms with Gasteiger partial charge in [-0.3, -0.25) is 0 Å². The van der Waals surface area contributed by atoms with E-state index in [0.29, 0.717) is 11.4 Å². The third-order valence-corrected chi connectivity index (χ3v) is 7.08. The number of ether oxygens (including phenoxy) is 1. The Balaban J connectivity index is 1.83. The van der Waals surface area contributed by atoms with Crippen LogP contribution in [-0.4, -0.2) is 36.2 Å². The van der Waals surface area contributed by atoms with Gasteiger partial charge in [0.1, 0.15) is 11.6 Å². The molecule has 0 aliphatic rings. The number of aliphatic hydroxyl groups is 1. The van der Waals surface area contributed by atoms with Gasteiger partial charge in [-0.2, -0.15) is 0 Å². The second-order valence-corrected chi connectivity index (χ2v) is 10.2. The van der Waals surface area contributed by atoms with Crippen molar-refractivity contribution < 1.29 is 18.6 Å². The van der Waals surface area contributed by atoms with E-state index in [4.69, 9.17) is 4.74 Å². The van der Waals surface area contributed by atoms with E-state index in [2.05, 4.69) is 20.9 Å². The Hall–Kier alpha value is -3.13. The minimum absolute atomic E-state index is 0.0366. The minimum Gasteiger partial charge on any atom is -0.481 e. The van der Waals surface area contributed by atoms with E-state index in [1.165, 1.54) is 7.11 Å². The van der Waals surface area contributed by atoms with Crippen molar-refractivity contribution in [1.82, 2.24) is 9.88 Å². The second kappa shape index (κ2) is 11.5. The lowest BCUT2D eigenvalue weighted by Crippen LogP contribution is -2.36. The van der Waals surface area contributed by atoms with Crippen molar-refractivity contribution in [3.63, 3.8) is 0 Å². The summed E-state index contributed by atoms with van der Waals surface area (Å²) in [4.78, 5) is 6.43. The summed E-state index contributed by atoms with van der Waals surface area (Å²) in [5.41, 5.74) is 1.40. The smallest absolute Gasteiger partial charge is 0.216 e. The molecule has 1 aromatic heterocycles. The van der Waals surface area contributed by atoms with Crippen molar-refractivity contribution in [3.8, 4) is 17.0 Å². The maximum atomic E-state index is 15.2. The van der Waals surface area contributed by atoms with Crippen LogP contribution in [0.15, 0.2) is 89.5 Å². The lowest BCUT2D eigenvalue weighted by Gasteiger charge is -2.36. The molecule has 7 heteroatoms.